The van der Waals surface area contributed by atoms with Crippen molar-refractivity contribution >= 4 is 39.0 Å². The summed E-state index contributed by atoms with van der Waals surface area (Å²) in [6.45, 7) is 0. The number of anilines is 3. The van der Waals surface area contributed by atoms with Gasteiger partial charge in [0, 0.05) is 33.4 Å². The van der Waals surface area contributed by atoms with E-state index in [0.717, 1.165) is 34.5 Å². The molecule has 0 aliphatic heterocycles. The van der Waals surface area contributed by atoms with Crippen molar-refractivity contribution in [1.82, 2.24) is 0 Å². The molecule has 9 rings (SSSR count). The van der Waals surface area contributed by atoms with E-state index in [1.807, 2.05) is 6.07 Å². The van der Waals surface area contributed by atoms with Crippen LogP contribution in [0.25, 0.3) is 33.1 Å². The molecule has 0 spiro atoms. The van der Waals surface area contributed by atoms with Crippen LogP contribution < -0.4 is 4.90 Å². The van der Waals surface area contributed by atoms with Crippen LogP contribution in [0.3, 0.4) is 0 Å². The van der Waals surface area contributed by atoms with Crippen molar-refractivity contribution in [2.45, 2.75) is 69.6 Å². The zero-order valence-corrected chi connectivity index (χ0v) is 26.0. The van der Waals surface area contributed by atoms with E-state index in [-0.39, 0.29) is 0 Å². The second-order valence-electron chi connectivity index (χ2n) is 14.0. The Morgan fingerprint density at radius 1 is 0.533 bits per heavy atom. The number of hydrogen-bond donors (Lipinski definition) is 0. The molecule has 6 aromatic rings. The van der Waals surface area contributed by atoms with Crippen LogP contribution in [0.2, 0.25) is 0 Å². The predicted molar refractivity (Wildman–Crippen MR) is 188 cm³/mol. The number of hydrogen-bond acceptors (Lipinski definition) is 2. The van der Waals surface area contributed by atoms with E-state index in [1.165, 1.54) is 102 Å². The summed E-state index contributed by atoms with van der Waals surface area (Å²) in [6.07, 6.45) is 12.5. The molecule has 1 aromatic heterocycles. The molecular formula is C43H41NO. The highest BCUT2D eigenvalue weighted by atomic mass is 16.3. The molecule has 3 unspecified atom stereocenters. The third-order valence-electron chi connectivity index (χ3n) is 11.4. The van der Waals surface area contributed by atoms with Gasteiger partial charge >= 0.3 is 0 Å². The molecule has 0 saturated heterocycles. The Bertz CT molecular complexity index is 1940. The third-order valence-corrected chi connectivity index (χ3v) is 11.4. The van der Waals surface area contributed by atoms with Gasteiger partial charge in [-0.2, -0.15) is 0 Å². The summed E-state index contributed by atoms with van der Waals surface area (Å²) < 4.78 is 6.38. The second kappa shape index (κ2) is 11.2. The molecule has 0 amide bonds. The summed E-state index contributed by atoms with van der Waals surface area (Å²) in [5.41, 5.74) is 10.8. The summed E-state index contributed by atoms with van der Waals surface area (Å²) >= 11 is 0. The first-order valence-electron chi connectivity index (χ1n) is 17.3. The fourth-order valence-electron chi connectivity index (χ4n) is 9.07. The standard InChI is InChI=1S/C43H41NO/c1-2-7-30(8-3-1)31-15-21-35(22-16-31)44(37-25-19-33(20-26-37)41-28-29-13-14-34(41)27-29)36-23-17-32(18-24-36)38-10-6-11-40-39-9-4-5-12-42(39)45-43(38)40/h4-6,9-12,15-26,29-30,34,41H,1-3,7-8,13-14,27-28H2. The minimum atomic E-state index is 0.711. The van der Waals surface area contributed by atoms with Crippen LogP contribution in [0.15, 0.2) is 120 Å². The number of furan rings is 1. The van der Waals surface area contributed by atoms with Gasteiger partial charge in [0.1, 0.15) is 11.2 Å². The van der Waals surface area contributed by atoms with Crippen LogP contribution in [-0.4, -0.2) is 0 Å². The highest BCUT2D eigenvalue weighted by Gasteiger charge is 2.40. The summed E-state index contributed by atoms with van der Waals surface area (Å²) in [6, 6.07) is 42.9. The number of para-hydroxylation sites is 2. The van der Waals surface area contributed by atoms with E-state index in [2.05, 4.69) is 114 Å². The SMILES string of the molecule is c1ccc2c(c1)oc1c(-c3ccc(N(c4ccc(C5CCCCC5)cc4)c4ccc(C5CC6CCC5C6)cc4)cc3)cccc12. The largest absolute Gasteiger partial charge is 0.455 e. The molecule has 2 heteroatoms. The molecule has 3 atom stereocenters. The van der Waals surface area contributed by atoms with Crippen molar-refractivity contribution in [3.8, 4) is 11.1 Å². The van der Waals surface area contributed by atoms with Crippen molar-refractivity contribution in [2.75, 3.05) is 4.90 Å². The van der Waals surface area contributed by atoms with Gasteiger partial charge in [-0.25, -0.2) is 0 Å². The van der Waals surface area contributed by atoms with Crippen molar-refractivity contribution in [3.05, 3.63) is 126 Å². The number of fused-ring (bicyclic) bond motifs is 5. The Labute approximate surface area is 266 Å². The molecule has 3 aliphatic rings. The van der Waals surface area contributed by atoms with Crippen LogP contribution in [0, 0.1) is 11.8 Å². The molecule has 0 radical (unpaired) electrons. The fourth-order valence-corrected chi connectivity index (χ4v) is 9.07. The summed E-state index contributed by atoms with van der Waals surface area (Å²) in [7, 11) is 0. The average Bonchev–Trinajstić information content (AvgIpc) is 3.85. The molecule has 5 aromatic carbocycles. The van der Waals surface area contributed by atoms with Crippen molar-refractivity contribution in [2.24, 2.45) is 11.8 Å². The Balaban J connectivity index is 1.08. The molecule has 1 heterocycles. The normalized spacial score (nSPS) is 21.6. The van der Waals surface area contributed by atoms with Gasteiger partial charge in [0.05, 0.1) is 0 Å². The maximum absolute atomic E-state index is 6.38. The summed E-state index contributed by atoms with van der Waals surface area (Å²) in [4.78, 5) is 2.43. The zero-order chi connectivity index (χ0) is 29.7. The van der Waals surface area contributed by atoms with Gasteiger partial charge < -0.3 is 9.32 Å². The van der Waals surface area contributed by atoms with Crippen molar-refractivity contribution < 1.29 is 4.42 Å². The molecule has 3 aliphatic carbocycles. The Morgan fingerprint density at radius 3 is 1.89 bits per heavy atom. The Hall–Kier alpha value is -4.30. The minimum Gasteiger partial charge on any atom is -0.455 e. The van der Waals surface area contributed by atoms with Crippen LogP contribution in [0.5, 0.6) is 0 Å². The van der Waals surface area contributed by atoms with Crippen molar-refractivity contribution in [3.63, 3.8) is 0 Å². The van der Waals surface area contributed by atoms with E-state index in [0.29, 0.717) is 5.92 Å². The lowest BCUT2D eigenvalue weighted by atomic mass is 9.83. The highest BCUT2D eigenvalue weighted by molar-refractivity contribution is 6.09. The van der Waals surface area contributed by atoms with Gasteiger partial charge in [0.2, 0.25) is 0 Å². The molecule has 2 nitrogen and oxygen atoms in total. The molecule has 45 heavy (non-hydrogen) atoms. The first-order chi connectivity index (χ1) is 22.3. The quantitative estimate of drug-likeness (QED) is 0.193. The lowest BCUT2D eigenvalue weighted by Crippen LogP contribution is -2.12. The van der Waals surface area contributed by atoms with Gasteiger partial charge in [0.15, 0.2) is 0 Å². The van der Waals surface area contributed by atoms with Gasteiger partial charge in [-0.15, -0.1) is 0 Å². The van der Waals surface area contributed by atoms with Gasteiger partial charge in [-0.05, 0) is 115 Å². The molecule has 224 valence electrons. The van der Waals surface area contributed by atoms with E-state index in [4.69, 9.17) is 4.42 Å². The maximum Gasteiger partial charge on any atom is 0.143 e. The number of rotatable bonds is 6. The predicted octanol–water partition coefficient (Wildman–Crippen LogP) is 12.7. The van der Waals surface area contributed by atoms with Crippen LogP contribution in [-0.2, 0) is 0 Å². The first kappa shape index (κ1) is 27.0. The van der Waals surface area contributed by atoms with Gasteiger partial charge in [0.25, 0.3) is 0 Å². The monoisotopic (exact) mass is 587 g/mol. The summed E-state index contributed by atoms with van der Waals surface area (Å²) in [5, 5.41) is 2.34. The van der Waals surface area contributed by atoms with Crippen LogP contribution >= 0.6 is 0 Å². The number of nitrogens with zero attached hydrogens (tertiary/aromatic N) is 1. The Kier molecular flexibility index (Phi) is 6.76. The van der Waals surface area contributed by atoms with Gasteiger partial charge in [-0.1, -0.05) is 98.5 Å². The van der Waals surface area contributed by atoms with E-state index in [9.17, 15) is 0 Å². The van der Waals surface area contributed by atoms with Crippen LogP contribution in [0.1, 0.15) is 80.8 Å². The van der Waals surface area contributed by atoms with E-state index >= 15 is 0 Å². The zero-order valence-electron chi connectivity index (χ0n) is 26.0. The number of benzene rings is 5. The van der Waals surface area contributed by atoms with E-state index in [1.54, 1.807) is 0 Å². The molecule has 2 bridgehead atoms. The second-order valence-corrected chi connectivity index (χ2v) is 14.0. The summed E-state index contributed by atoms with van der Waals surface area (Å²) in [5.74, 6) is 3.32. The fraction of sp³-hybridized carbons (Fsp3) is 0.302. The third kappa shape index (κ3) is 4.86. The molecule has 3 fully saturated rings. The topological polar surface area (TPSA) is 16.4 Å². The lowest BCUT2D eigenvalue weighted by Gasteiger charge is -2.28. The molecular weight excluding hydrogens is 546 g/mol. The highest BCUT2D eigenvalue weighted by Crippen LogP contribution is 2.53. The maximum atomic E-state index is 6.38. The molecule has 0 N–H and O–H groups in total. The Morgan fingerprint density at radius 2 is 1.20 bits per heavy atom. The minimum absolute atomic E-state index is 0.711. The smallest absolute Gasteiger partial charge is 0.143 e. The van der Waals surface area contributed by atoms with E-state index < -0.39 is 0 Å². The molecule has 3 saturated carbocycles. The lowest BCUT2D eigenvalue weighted by molar-refractivity contribution is 0.420. The first-order valence-corrected chi connectivity index (χ1v) is 17.3. The van der Waals surface area contributed by atoms with Gasteiger partial charge in [-0.3, -0.25) is 0 Å². The van der Waals surface area contributed by atoms with Crippen LogP contribution in [0.4, 0.5) is 17.1 Å². The van der Waals surface area contributed by atoms with Crippen molar-refractivity contribution in [1.29, 1.82) is 0 Å². The average molecular weight is 588 g/mol.